The number of aromatic nitrogens is 2. The summed E-state index contributed by atoms with van der Waals surface area (Å²) in [5, 5.41) is 0. The van der Waals surface area contributed by atoms with Crippen molar-refractivity contribution in [3.63, 3.8) is 0 Å². The van der Waals surface area contributed by atoms with Crippen LogP contribution >= 0.6 is 15.9 Å². The summed E-state index contributed by atoms with van der Waals surface area (Å²) in [4.78, 5) is 8.36. The summed E-state index contributed by atoms with van der Waals surface area (Å²) in [5.74, 6) is 0.279. The molecular weight excluding hydrogens is 297 g/mol. The molecule has 0 aliphatic carbocycles. The molecule has 0 aliphatic rings. The van der Waals surface area contributed by atoms with E-state index < -0.39 is 0 Å². The van der Waals surface area contributed by atoms with E-state index in [1.807, 2.05) is 13.0 Å². The molecular formula is C13H13BrFN3. The number of rotatable bonds is 3. The van der Waals surface area contributed by atoms with Crippen molar-refractivity contribution in [1.29, 1.82) is 0 Å². The number of benzene rings is 1. The van der Waals surface area contributed by atoms with Gasteiger partial charge in [0.1, 0.15) is 11.6 Å². The van der Waals surface area contributed by atoms with Gasteiger partial charge in [0, 0.05) is 12.4 Å². The van der Waals surface area contributed by atoms with Crippen molar-refractivity contribution in [3.8, 4) is 0 Å². The minimum Gasteiger partial charge on any atom is -0.321 e. The average molecular weight is 310 g/mol. The van der Waals surface area contributed by atoms with Gasteiger partial charge >= 0.3 is 0 Å². The lowest BCUT2D eigenvalue weighted by Gasteiger charge is -2.11. The first-order chi connectivity index (χ1) is 8.58. The van der Waals surface area contributed by atoms with Crippen LogP contribution in [0.5, 0.6) is 0 Å². The van der Waals surface area contributed by atoms with Gasteiger partial charge in [-0.05, 0) is 46.5 Å². The fraction of sp³-hybridized carbons (Fsp3) is 0.231. The van der Waals surface area contributed by atoms with Crippen LogP contribution in [-0.4, -0.2) is 9.97 Å². The normalized spacial score (nSPS) is 12.4. The molecule has 0 bridgehead atoms. The van der Waals surface area contributed by atoms with Gasteiger partial charge < -0.3 is 5.73 Å². The fourth-order valence-electron chi connectivity index (χ4n) is 1.63. The van der Waals surface area contributed by atoms with E-state index in [1.54, 1.807) is 18.5 Å². The predicted octanol–water partition coefficient (Wildman–Crippen LogP) is 2.93. The number of halogens is 2. The van der Waals surface area contributed by atoms with Crippen molar-refractivity contribution < 1.29 is 4.39 Å². The predicted molar refractivity (Wildman–Crippen MR) is 71.5 cm³/mol. The Morgan fingerprint density at radius 1 is 1.33 bits per heavy atom. The molecule has 3 nitrogen and oxygen atoms in total. The van der Waals surface area contributed by atoms with Crippen molar-refractivity contribution in [1.82, 2.24) is 9.97 Å². The van der Waals surface area contributed by atoms with Gasteiger partial charge in [0.15, 0.2) is 0 Å². The Morgan fingerprint density at radius 2 is 2.00 bits per heavy atom. The minimum absolute atomic E-state index is 0.287. The monoisotopic (exact) mass is 309 g/mol. The summed E-state index contributed by atoms with van der Waals surface area (Å²) in [6, 6.07) is 4.56. The van der Waals surface area contributed by atoms with E-state index in [4.69, 9.17) is 5.73 Å². The molecule has 1 aromatic carbocycles. The number of aryl methyl sites for hydroxylation is 1. The Balaban J connectivity index is 2.18. The molecule has 0 aliphatic heterocycles. The number of nitrogens with two attached hydrogens (primary N) is 1. The van der Waals surface area contributed by atoms with Gasteiger partial charge in [0.25, 0.3) is 0 Å². The van der Waals surface area contributed by atoms with E-state index in [1.165, 1.54) is 6.07 Å². The lowest BCUT2D eigenvalue weighted by molar-refractivity contribution is 0.610. The highest BCUT2D eigenvalue weighted by molar-refractivity contribution is 9.10. The summed E-state index contributed by atoms with van der Waals surface area (Å²) in [7, 11) is 0. The molecule has 94 valence electrons. The van der Waals surface area contributed by atoms with Gasteiger partial charge in [0.05, 0.1) is 10.5 Å². The van der Waals surface area contributed by atoms with E-state index in [9.17, 15) is 4.39 Å². The van der Waals surface area contributed by atoms with Crippen LogP contribution in [0.25, 0.3) is 0 Å². The largest absolute Gasteiger partial charge is 0.321 e. The molecule has 1 atom stereocenters. The summed E-state index contributed by atoms with van der Waals surface area (Å²) in [6.07, 6.45) is 3.94. The molecule has 18 heavy (non-hydrogen) atoms. The second kappa shape index (κ2) is 5.54. The van der Waals surface area contributed by atoms with E-state index >= 15 is 0 Å². The van der Waals surface area contributed by atoms with Crippen LogP contribution in [0, 0.1) is 12.7 Å². The molecule has 2 N–H and O–H groups in total. The maximum absolute atomic E-state index is 13.4. The highest BCUT2D eigenvalue weighted by Crippen LogP contribution is 2.23. The Morgan fingerprint density at radius 3 is 2.67 bits per heavy atom. The molecule has 1 aromatic heterocycles. The molecule has 0 saturated carbocycles. The van der Waals surface area contributed by atoms with Crippen LogP contribution in [0.4, 0.5) is 4.39 Å². The van der Waals surface area contributed by atoms with Gasteiger partial charge in [0.2, 0.25) is 0 Å². The Bertz CT molecular complexity index is 542. The molecule has 2 aromatic rings. The van der Waals surface area contributed by atoms with Crippen molar-refractivity contribution >= 4 is 15.9 Å². The molecule has 5 heteroatoms. The third kappa shape index (κ3) is 2.91. The maximum Gasteiger partial charge on any atom is 0.145 e. The van der Waals surface area contributed by atoms with Gasteiger partial charge in [-0.1, -0.05) is 12.1 Å². The molecule has 0 saturated heterocycles. The second-order valence-electron chi connectivity index (χ2n) is 4.14. The van der Waals surface area contributed by atoms with Crippen LogP contribution in [0.15, 0.2) is 35.1 Å². The van der Waals surface area contributed by atoms with E-state index in [0.29, 0.717) is 16.7 Å². The average Bonchev–Trinajstić information content (AvgIpc) is 2.36. The number of hydrogen-bond donors (Lipinski definition) is 1. The highest BCUT2D eigenvalue weighted by atomic mass is 79.9. The summed E-state index contributed by atoms with van der Waals surface area (Å²) < 4.78 is 13.8. The van der Waals surface area contributed by atoms with Crippen LogP contribution in [0.2, 0.25) is 0 Å². The third-order valence-electron chi connectivity index (χ3n) is 2.60. The van der Waals surface area contributed by atoms with Gasteiger partial charge in [-0.25, -0.2) is 14.4 Å². The first-order valence-electron chi connectivity index (χ1n) is 5.55. The lowest BCUT2D eigenvalue weighted by Crippen LogP contribution is -2.17. The van der Waals surface area contributed by atoms with Crippen LogP contribution < -0.4 is 5.73 Å². The number of nitrogens with zero attached hydrogens (tertiary/aromatic N) is 2. The second-order valence-corrected chi connectivity index (χ2v) is 4.94. The zero-order valence-electron chi connectivity index (χ0n) is 9.90. The lowest BCUT2D eigenvalue weighted by atomic mass is 10.1. The van der Waals surface area contributed by atoms with E-state index in [0.717, 1.165) is 11.1 Å². The Hall–Kier alpha value is -1.33. The van der Waals surface area contributed by atoms with Crippen LogP contribution in [-0.2, 0) is 6.42 Å². The molecule has 2 rings (SSSR count). The van der Waals surface area contributed by atoms with Crippen molar-refractivity contribution in [2.24, 2.45) is 5.73 Å². The van der Waals surface area contributed by atoms with Gasteiger partial charge in [-0.15, -0.1) is 0 Å². The summed E-state index contributed by atoms with van der Waals surface area (Å²) in [6.45, 7) is 1.92. The number of hydrogen-bond acceptors (Lipinski definition) is 3. The summed E-state index contributed by atoms with van der Waals surface area (Å²) in [5.41, 5.74) is 7.82. The smallest absolute Gasteiger partial charge is 0.145 e. The highest BCUT2D eigenvalue weighted by Gasteiger charge is 2.13. The molecule has 0 fully saturated rings. The van der Waals surface area contributed by atoms with Gasteiger partial charge in [-0.3, -0.25) is 0 Å². The maximum atomic E-state index is 13.4. The van der Waals surface area contributed by atoms with Crippen LogP contribution in [0.3, 0.4) is 0 Å². The van der Waals surface area contributed by atoms with Gasteiger partial charge in [-0.2, -0.15) is 0 Å². The minimum atomic E-state index is -0.344. The van der Waals surface area contributed by atoms with E-state index in [-0.39, 0.29) is 11.9 Å². The molecule has 1 unspecified atom stereocenters. The standard InChI is InChI=1S/C13H13BrFN3/c1-8-6-17-13(18-7-8)11(16)5-9-3-2-4-10(15)12(9)14/h2-4,6-7,11H,5,16H2,1H3. The van der Waals surface area contributed by atoms with Crippen LogP contribution in [0.1, 0.15) is 23.0 Å². The summed E-state index contributed by atoms with van der Waals surface area (Å²) >= 11 is 3.22. The fourth-order valence-corrected chi connectivity index (χ4v) is 2.05. The van der Waals surface area contributed by atoms with Crippen molar-refractivity contribution in [3.05, 3.63) is 57.8 Å². The zero-order valence-corrected chi connectivity index (χ0v) is 11.5. The SMILES string of the molecule is Cc1cnc(C(N)Cc2cccc(F)c2Br)nc1. The van der Waals surface area contributed by atoms with Crippen molar-refractivity contribution in [2.45, 2.75) is 19.4 Å². The topological polar surface area (TPSA) is 51.8 Å². The Labute approximate surface area is 113 Å². The zero-order chi connectivity index (χ0) is 13.1. The first-order valence-corrected chi connectivity index (χ1v) is 6.34. The third-order valence-corrected chi connectivity index (χ3v) is 3.49. The molecule has 0 radical (unpaired) electrons. The molecule has 0 spiro atoms. The quantitative estimate of drug-likeness (QED) is 0.948. The first kappa shape index (κ1) is 13.1. The Kier molecular flexibility index (Phi) is 4.04. The molecule has 1 heterocycles. The van der Waals surface area contributed by atoms with Crippen molar-refractivity contribution in [2.75, 3.05) is 0 Å². The van der Waals surface area contributed by atoms with E-state index in [2.05, 4.69) is 25.9 Å². The molecule has 0 amide bonds.